The van der Waals surface area contributed by atoms with Crippen LogP contribution in [0.25, 0.3) is 10.8 Å². The summed E-state index contributed by atoms with van der Waals surface area (Å²) in [6.07, 6.45) is 1.57. The van der Waals surface area contributed by atoms with Gasteiger partial charge in [-0.2, -0.15) is 4.31 Å². The third-order valence-electron chi connectivity index (χ3n) is 6.94. The highest BCUT2D eigenvalue weighted by atomic mass is 32.2. The minimum absolute atomic E-state index is 0.177. The molecule has 3 aromatic carbocycles. The van der Waals surface area contributed by atoms with Gasteiger partial charge < -0.3 is 14.1 Å². The van der Waals surface area contributed by atoms with Gasteiger partial charge in [0.25, 0.3) is 0 Å². The predicted octanol–water partition coefficient (Wildman–Crippen LogP) is 3.98. The first kappa shape index (κ1) is 27.1. The van der Waals surface area contributed by atoms with E-state index in [1.54, 1.807) is 29.4 Å². The molecule has 0 aliphatic carbocycles. The SMILES string of the molecule is O=C(CN(CCN1CCOCC1)S(=O)(=O)c1ccc2ccccc2c1)N(Cc1ccccc1)Cc1ccco1. The minimum atomic E-state index is -3.95. The van der Waals surface area contributed by atoms with E-state index in [1.807, 2.05) is 66.7 Å². The highest BCUT2D eigenvalue weighted by molar-refractivity contribution is 7.89. The number of hydrogen-bond acceptors (Lipinski definition) is 6. The maximum atomic E-state index is 14.0. The van der Waals surface area contributed by atoms with Gasteiger partial charge in [-0.15, -0.1) is 0 Å². The average molecular weight is 548 g/mol. The third kappa shape index (κ3) is 6.93. The maximum absolute atomic E-state index is 14.0. The number of hydrogen-bond donors (Lipinski definition) is 0. The number of fused-ring (bicyclic) bond motifs is 1. The standard InChI is InChI=1S/C30H33N3O5S/c34-30(32(23-28-11-6-18-38-28)22-25-7-2-1-3-8-25)24-33(15-14-31-16-19-37-20-17-31)39(35,36)29-13-12-26-9-4-5-10-27(26)21-29/h1-13,18,21H,14-17,19-20,22-24H2. The van der Waals surface area contributed by atoms with Gasteiger partial charge in [0.2, 0.25) is 15.9 Å². The number of furan rings is 1. The molecule has 2 heterocycles. The molecule has 1 aliphatic heterocycles. The molecule has 0 radical (unpaired) electrons. The van der Waals surface area contributed by atoms with Crippen molar-refractivity contribution in [2.24, 2.45) is 0 Å². The Balaban J connectivity index is 1.41. The van der Waals surface area contributed by atoms with E-state index >= 15 is 0 Å². The molecule has 4 aromatic rings. The lowest BCUT2D eigenvalue weighted by Gasteiger charge is -2.31. The molecule has 0 N–H and O–H groups in total. The number of nitrogens with zero attached hydrogens (tertiary/aromatic N) is 3. The van der Waals surface area contributed by atoms with E-state index in [4.69, 9.17) is 9.15 Å². The first-order valence-electron chi connectivity index (χ1n) is 13.1. The fraction of sp³-hybridized carbons (Fsp3) is 0.300. The molecular weight excluding hydrogens is 514 g/mol. The van der Waals surface area contributed by atoms with Gasteiger partial charge >= 0.3 is 0 Å². The van der Waals surface area contributed by atoms with Crippen LogP contribution in [0.2, 0.25) is 0 Å². The Bertz CT molecular complexity index is 1470. The Kier molecular flexibility index (Phi) is 8.73. The van der Waals surface area contributed by atoms with E-state index in [0.29, 0.717) is 32.1 Å². The lowest BCUT2D eigenvalue weighted by Crippen LogP contribution is -2.47. The fourth-order valence-electron chi connectivity index (χ4n) is 4.72. The zero-order chi connectivity index (χ0) is 27.1. The van der Waals surface area contributed by atoms with Gasteiger partial charge in [-0.05, 0) is 40.6 Å². The number of amides is 1. The smallest absolute Gasteiger partial charge is 0.243 e. The second-order valence-electron chi connectivity index (χ2n) is 9.62. The zero-order valence-corrected chi connectivity index (χ0v) is 22.6. The van der Waals surface area contributed by atoms with Crippen LogP contribution in [0.5, 0.6) is 0 Å². The van der Waals surface area contributed by atoms with Crippen molar-refractivity contribution in [3.63, 3.8) is 0 Å². The second kappa shape index (κ2) is 12.6. The predicted molar refractivity (Wildman–Crippen MR) is 149 cm³/mol. The summed E-state index contributed by atoms with van der Waals surface area (Å²) in [5, 5.41) is 1.79. The summed E-state index contributed by atoms with van der Waals surface area (Å²) >= 11 is 0. The molecule has 5 rings (SSSR count). The number of morpholine rings is 1. The third-order valence-corrected chi connectivity index (χ3v) is 8.78. The summed E-state index contributed by atoms with van der Waals surface area (Å²) in [4.78, 5) is 17.8. The summed E-state index contributed by atoms with van der Waals surface area (Å²) in [5.74, 6) is 0.345. The molecule has 9 heteroatoms. The molecule has 0 atom stereocenters. The van der Waals surface area contributed by atoms with Gasteiger partial charge in [0.15, 0.2) is 0 Å². The van der Waals surface area contributed by atoms with Crippen molar-refractivity contribution in [1.82, 2.24) is 14.1 Å². The fourth-order valence-corrected chi connectivity index (χ4v) is 6.13. The largest absolute Gasteiger partial charge is 0.467 e. The highest BCUT2D eigenvalue weighted by Gasteiger charge is 2.30. The quantitative estimate of drug-likeness (QED) is 0.283. The van der Waals surface area contributed by atoms with Crippen LogP contribution < -0.4 is 0 Å². The minimum Gasteiger partial charge on any atom is -0.467 e. The topological polar surface area (TPSA) is 83.3 Å². The van der Waals surface area contributed by atoms with E-state index in [0.717, 1.165) is 29.4 Å². The molecule has 8 nitrogen and oxygen atoms in total. The molecule has 39 heavy (non-hydrogen) atoms. The Hall–Kier alpha value is -3.50. The van der Waals surface area contributed by atoms with Gasteiger partial charge in [-0.1, -0.05) is 60.7 Å². The lowest BCUT2D eigenvalue weighted by atomic mass is 10.1. The molecule has 1 saturated heterocycles. The highest BCUT2D eigenvalue weighted by Crippen LogP contribution is 2.23. The van der Waals surface area contributed by atoms with Crippen LogP contribution >= 0.6 is 0 Å². The number of benzene rings is 3. The summed E-state index contributed by atoms with van der Waals surface area (Å²) < 4.78 is 40.2. The molecular formula is C30H33N3O5S. The normalized spacial score (nSPS) is 14.6. The maximum Gasteiger partial charge on any atom is 0.243 e. The Morgan fingerprint density at radius 1 is 0.846 bits per heavy atom. The van der Waals surface area contributed by atoms with Crippen LogP contribution in [-0.2, 0) is 32.6 Å². The van der Waals surface area contributed by atoms with Crippen LogP contribution in [0.3, 0.4) is 0 Å². The zero-order valence-electron chi connectivity index (χ0n) is 21.8. The molecule has 0 saturated carbocycles. The van der Waals surface area contributed by atoms with Crippen LogP contribution in [0.1, 0.15) is 11.3 Å². The van der Waals surface area contributed by atoms with Crippen molar-refractivity contribution in [3.05, 3.63) is 103 Å². The van der Waals surface area contributed by atoms with E-state index in [2.05, 4.69) is 4.90 Å². The van der Waals surface area contributed by atoms with Crippen molar-refractivity contribution in [2.45, 2.75) is 18.0 Å². The van der Waals surface area contributed by atoms with Crippen LogP contribution in [0, 0.1) is 0 Å². The van der Waals surface area contributed by atoms with Gasteiger partial charge in [-0.25, -0.2) is 8.42 Å². The summed E-state index contributed by atoms with van der Waals surface area (Å²) in [5.41, 5.74) is 0.953. The summed E-state index contributed by atoms with van der Waals surface area (Å²) in [6, 6.07) is 26.0. The molecule has 1 amide bonds. The van der Waals surface area contributed by atoms with E-state index < -0.39 is 10.0 Å². The van der Waals surface area contributed by atoms with Crippen LogP contribution in [0.4, 0.5) is 0 Å². The van der Waals surface area contributed by atoms with Gasteiger partial charge in [0, 0.05) is 32.7 Å². The van der Waals surface area contributed by atoms with Gasteiger partial charge in [-0.3, -0.25) is 9.69 Å². The first-order valence-corrected chi connectivity index (χ1v) is 14.6. The molecule has 1 fully saturated rings. The van der Waals surface area contributed by atoms with Crippen molar-refractivity contribution in [2.75, 3.05) is 45.9 Å². The molecule has 204 valence electrons. The van der Waals surface area contributed by atoms with Gasteiger partial charge in [0.1, 0.15) is 5.76 Å². The Labute approximate surface area is 229 Å². The monoisotopic (exact) mass is 547 g/mol. The van der Waals surface area contributed by atoms with E-state index in [9.17, 15) is 13.2 Å². The van der Waals surface area contributed by atoms with Gasteiger partial charge in [0.05, 0.1) is 37.5 Å². The number of sulfonamides is 1. The van der Waals surface area contributed by atoms with Crippen LogP contribution in [0.15, 0.2) is 101 Å². The van der Waals surface area contributed by atoms with Crippen molar-refractivity contribution in [3.8, 4) is 0 Å². The average Bonchev–Trinajstić information content (AvgIpc) is 3.49. The number of carbonyl (C=O) groups excluding carboxylic acids is 1. The van der Waals surface area contributed by atoms with Crippen molar-refractivity contribution < 1.29 is 22.4 Å². The molecule has 0 unspecified atom stereocenters. The molecule has 1 aliphatic rings. The second-order valence-corrected chi connectivity index (χ2v) is 11.6. The number of carbonyl (C=O) groups is 1. The van der Waals surface area contributed by atoms with Crippen LogP contribution in [-0.4, -0.2) is 74.4 Å². The molecule has 1 aromatic heterocycles. The summed E-state index contributed by atoms with van der Waals surface area (Å²) in [7, 11) is -3.95. The molecule has 0 bridgehead atoms. The van der Waals surface area contributed by atoms with Crippen molar-refractivity contribution in [1.29, 1.82) is 0 Å². The Morgan fingerprint density at radius 3 is 2.33 bits per heavy atom. The number of ether oxygens (including phenoxy) is 1. The van der Waals surface area contributed by atoms with E-state index in [1.165, 1.54) is 4.31 Å². The number of rotatable bonds is 11. The summed E-state index contributed by atoms with van der Waals surface area (Å²) in [6.45, 7) is 3.72. The molecule has 0 spiro atoms. The first-order chi connectivity index (χ1) is 19.0. The van der Waals surface area contributed by atoms with E-state index in [-0.39, 0.29) is 30.4 Å². The van der Waals surface area contributed by atoms with Crippen molar-refractivity contribution >= 4 is 26.7 Å². The Morgan fingerprint density at radius 2 is 1.59 bits per heavy atom. The lowest BCUT2D eigenvalue weighted by molar-refractivity contribution is -0.133.